The molecule has 0 bridgehead atoms. The summed E-state index contributed by atoms with van der Waals surface area (Å²) in [5, 5.41) is 3.29. The molecule has 1 heterocycles. The van der Waals surface area contributed by atoms with Gasteiger partial charge in [0.05, 0.1) is 17.4 Å². The van der Waals surface area contributed by atoms with Crippen LogP contribution in [0.15, 0.2) is 59.4 Å². The van der Waals surface area contributed by atoms with E-state index in [9.17, 15) is 14.4 Å². The van der Waals surface area contributed by atoms with Gasteiger partial charge in [0.15, 0.2) is 0 Å². The highest BCUT2D eigenvalue weighted by Gasteiger charge is 2.15. The molecule has 0 saturated carbocycles. The molecule has 0 aliphatic heterocycles. The standard InChI is InChI=1S/C23H27N5O3/c1-3-28(16-20-25-19-12-8-7-11-18(19)22(30)26-20)21(29)13-14-24-23(31)27(2)15-17-9-5-4-6-10-17/h4-12H,3,13-16H2,1-2H3,(H,24,31)(H,25,26,30). The zero-order valence-electron chi connectivity index (χ0n) is 17.8. The Hall–Kier alpha value is -3.68. The number of fused-ring (bicyclic) bond motifs is 1. The van der Waals surface area contributed by atoms with E-state index >= 15 is 0 Å². The van der Waals surface area contributed by atoms with Crippen molar-refractivity contribution in [2.45, 2.75) is 26.4 Å². The number of hydrogen-bond donors (Lipinski definition) is 2. The molecule has 0 radical (unpaired) electrons. The molecular formula is C23H27N5O3. The van der Waals surface area contributed by atoms with E-state index in [-0.39, 0.29) is 37.0 Å². The zero-order valence-corrected chi connectivity index (χ0v) is 17.8. The fourth-order valence-electron chi connectivity index (χ4n) is 3.27. The van der Waals surface area contributed by atoms with Crippen LogP contribution in [0.5, 0.6) is 0 Å². The molecule has 0 aliphatic rings. The summed E-state index contributed by atoms with van der Waals surface area (Å²) in [4.78, 5) is 47.5. The minimum atomic E-state index is -0.236. The number of aromatic amines is 1. The molecule has 2 N–H and O–H groups in total. The minimum absolute atomic E-state index is 0.121. The number of para-hydroxylation sites is 1. The predicted molar refractivity (Wildman–Crippen MR) is 119 cm³/mol. The third kappa shape index (κ3) is 5.91. The van der Waals surface area contributed by atoms with E-state index < -0.39 is 0 Å². The van der Waals surface area contributed by atoms with Crippen LogP contribution in [0.2, 0.25) is 0 Å². The Morgan fingerprint density at radius 1 is 1.03 bits per heavy atom. The topological polar surface area (TPSA) is 98.4 Å². The molecule has 2 aromatic carbocycles. The second-order valence-electron chi connectivity index (χ2n) is 7.26. The van der Waals surface area contributed by atoms with Gasteiger partial charge in [-0.2, -0.15) is 0 Å². The number of benzene rings is 2. The van der Waals surface area contributed by atoms with Gasteiger partial charge in [-0.25, -0.2) is 9.78 Å². The van der Waals surface area contributed by atoms with Gasteiger partial charge in [0, 0.05) is 33.1 Å². The number of aromatic nitrogens is 2. The van der Waals surface area contributed by atoms with Gasteiger partial charge in [-0.3, -0.25) is 9.59 Å². The lowest BCUT2D eigenvalue weighted by atomic mass is 10.2. The molecule has 8 nitrogen and oxygen atoms in total. The van der Waals surface area contributed by atoms with Gasteiger partial charge < -0.3 is 20.1 Å². The molecule has 8 heteroatoms. The number of hydrogen-bond acceptors (Lipinski definition) is 4. The highest BCUT2D eigenvalue weighted by atomic mass is 16.2. The van der Waals surface area contributed by atoms with Crippen LogP contribution in [0, 0.1) is 0 Å². The number of urea groups is 1. The molecule has 3 rings (SSSR count). The van der Waals surface area contributed by atoms with Gasteiger partial charge in [0.25, 0.3) is 5.56 Å². The van der Waals surface area contributed by atoms with Crippen molar-refractivity contribution in [1.29, 1.82) is 0 Å². The quantitative estimate of drug-likeness (QED) is 0.584. The summed E-state index contributed by atoms with van der Waals surface area (Å²) >= 11 is 0. The van der Waals surface area contributed by atoms with Gasteiger partial charge in [0.1, 0.15) is 5.82 Å². The molecule has 1 aromatic heterocycles. The van der Waals surface area contributed by atoms with Crippen LogP contribution in [0.3, 0.4) is 0 Å². The van der Waals surface area contributed by atoms with E-state index in [1.807, 2.05) is 43.3 Å². The number of nitrogens with zero attached hydrogens (tertiary/aromatic N) is 3. The van der Waals surface area contributed by atoms with Crippen LogP contribution in [0.25, 0.3) is 10.9 Å². The first-order chi connectivity index (χ1) is 15.0. The highest BCUT2D eigenvalue weighted by molar-refractivity contribution is 5.79. The lowest BCUT2D eigenvalue weighted by molar-refractivity contribution is -0.131. The maximum absolute atomic E-state index is 12.6. The molecule has 0 aliphatic carbocycles. The summed E-state index contributed by atoms with van der Waals surface area (Å²) in [5.41, 5.74) is 1.40. The van der Waals surface area contributed by atoms with Crippen molar-refractivity contribution in [1.82, 2.24) is 25.1 Å². The maximum atomic E-state index is 12.6. The van der Waals surface area contributed by atoms with Gasteiger partial charge >= 0.3 is 6.03 Å². The van der Waals surface area contributed by atoms with Crippen LogP contribution in [0.4, 0.5) is 4.79 Å². The second-order valence-corrected chi connectivity index (χ2v) is 7.26. The van der Waals surface area contributed by atoms with Crippen LogP contribution in [-0.2, 0) is 17.9 Å². The SMILES string of the molecule is CCN(Cc1nc2ccccc2c(=O)[nH]1)C(=O)CCNC(=O)N(C)Cc1ccccc1. The molecule has 0 spiro atoms. The van der Waals surface area contributed by atoms with E-state index in [1.54, 1.807) is 35.0 Å². The summed E-state index contributed by atoms with van der Waals surface area (Å²) in [6.45, 7) is 3.26. The smallest absolute Gasteiger partial charge is 0.317 e. The van der Waals surface area contributed by atoms with Gasteiger partial charge in [-0.15, -0.1) is 0 Å². The molecule has 31 heavy (non-hydrogen) atoms. The third-order valence-electron chi connectivity index (χ3n) is 4.96. The Morgan fingerprint density at radius 3 is 2.48 bits per heavy atom. The molecule has 0 unspecified atom stereocenters. The summed E-state index contributed by atoms with van der Waals surface area (Å²) in [6, 6.07) is 16.5. The van der Waals surface area contributed by atoms with Crippen molar-refractivity contribution in [3.63, 3.8) is 0 Å². The molecule has 0 saturated heterocycles. The number of nitrogens with one attached hydrogen (secondary N) is 2. The Morgan fingerprint density at radius 2 is 1.74 bits per heavy atom. The highest BCUT2D eigenvalue weighted by Crippen LogP contribution is 2.08. The second kappa shape index (κ2) is 10.4. The van der Waals surface area contributed by atoms with E-state index in [4.69, 9.17) is 0 Å². The van der Waals surface area contributed by atoms with Gasteiger partial charge in [-0.05, 0) is 24.6 Å². The normalized spacial score (nSPS) is 10.6. The first kappa shape index (κ1) is 22.0. The van der Waals surface area contributed by atoms with Crippen LogP contribution >= 0.6 is 0 Å². The largest absolute Gasteiger partial charge is 0.337 e. The lowest BCUT2D eigenvalue weighted by Gasteiger charge is -2.21. The molecular weight excluding hydrogens is 394 g/mol. The minimum Gasteiger partial charge on any atom is -0.337 e. The summed E-state index contributed by atoms with van der Waals surface area (Å²) < 4.78 is 0. The lowest BCUT2D eigenvalue weighted by Crippen LogP contribution is -2.39. The van der Waals surface area contributed by atoms with Crippen LogP contribution < -0.4 is 10.9 Å². The Kier molecular flexibility index (Phi) is 7.37. The summed E-state index contributed by atoms with van der Waals surface area (Å²) in [7, 11) is 1.71. The Bertz CT molecular complexity index is 1100. The zero-order chi connectivity index (χ0) is 22.2. The maximum Gasteiger partial charge on any atom is 0.317 e. The fraction of sp³-hybridized carbons (Fsp3) is 0.304. The number of H-pyrrole nitrogens is 1. The van der Waals surface area contributed by atoms with Gasteiger partial charge in [-0.1, -0.05) is 42.5 Å². The predicted octanol–water partition coefficient (Wildman–Crippen LogP) is 2.50. The average molecular weight is 422 g/mol. The monoisotopic (exact) mass is 421 g/mol. The van der Waals surface area contributed by atoms with E-state index in [1.165, 1.54) is 0 Å². The average Bonchev–Trinajstić information content (AvgIpc) is 2.78. The van der Waals surface area contributed by atoms with Crippen molar-refractivity contribution < 1.29 is 9.59 Å². The van der Waals surface area contributed by atoms with Crippen molar-refractivity contribution >= 4 is 22.8 Å². The first-order valence-corrected chi connectivity index (χ1v) is 10.3. The van der Waals surface area contributed by atoms with Crippen molar-refractivity contribution in [2.24, 2.45) is 0 Å². The molecule has 162 valence electrons. The van der Waals surface area contributed by atoms with Crippen LogP contribution in [0.1, 0.15) is 24.7 Å². The number of amides is 3. The number of rotatable bonds is 8. The summed E-state index contributed by atoms with van der Waals surface area (Å²) in [5.74, 6) is 0.315. The van der Waals surface area contributed by atoms with Crippen molar-refractivity contribution in [2.75, 3.05) is 20.1 Å². The van der Waals surface area contributed by atoms with Crippen molar-refractivity contribution in [3.8, 4) is 0 Å². The van der Waals surface area contributed by atoms with E-state index in [2.05, 4.69) is 15.3 Å². The number of carbonyl (C=O) groups is 2. The Balaban J connectivity index is 1.52. The van der Waals surface area contributed by atoms with Crippen LogP contribution in [-0.4, -0.2) is 51.8 Å². The van der Waals surface area contributed by atoms with E-state index in [0.717, 1.165) is 5.56 Å². The third-order valence-corrected chi connectivity index (χ3v) is 4.96. The van der Waals surface area contributed by atoms with Gasteiger partial charge in [0.2, 0.25) is 5.91 Å². The van der Waals surface area contributed by atoms with E-state index in [0.29, 0.717) is 29.8 Å². The molecule has 0 atom stereocenters. The molecule has 0 fully saturated rings. The summed E-state index contributed by atoms with van der Waals surface area (Å²) in [6.07, 6.45) is 0.163. The first-order valence-electron chi connectivity index (χ1n) is 10.3. The number of carbonyl (C=O) groups excluding carboxylic acids is 2. The van der Waals surface area contributed by atoms with Crippen molar-refractivity contribution in [3.05, 3.63) is 76.3 Å². The Labute approximate surface area is 180 Å². The fourth-order valence-corrected chi connectivity index (χ4v) is 3.27. The molecule has 3 amide bonds. The molecule has 3 aromatic rings.